The van der Waals surface area contributed by atoms with Crippen LogP contribution in [0.2, 0.25) is 0 Å². The molecule has 0 aliphatic carbocycles. The molecule has 0 radical (unpaired) electrons. The van der Waals surface area contributed by atoms with E-state index in [-0.39, 0.29) is 5.92 Å². The molecule has 0 saturated carbocycles. The van der Waals surface area contributed by atoms with E-state index in [2.05, 4.69) is 105 Å². The van der Waals surface area contributed by atoms with Gasteiger partial charge in [0.25, 0.3) is 0 Å². The van der Waals surface area contributed by atoms with Gasteiger partial charge in [0.05, 0.1) is 34.5 Å². The number of rotatable bonds is 1. The van der Waals surface area contributed by atoms with Gasteiger partial charge in [0.1, 0.15) is 11.3 Å². The highest BCUT2D eigenvalue weighted by Crippen LogP contribution is 2.61. The summed E-state index contributed by atoms with van der Waals surface area (Å²) in [6.45, 7) is 0. The molecule has 6 heterocycles. The van der Waals surface area contributed by atoms with Crippen molar-refractivity contribution in [3.8, 4) is 5.88 Å². The van der Waals surface area contributed by atoms with Crippen molar-refractivity contribution in [3.05, 3.63) is 126 Å². The van der Waals surface area contributed by atoms with E-state index in [0.717, 1.165) is 61.7 Å². The van der Waals surface area contributed by atoms with E-state index in [9.17, 15) is 0 Å². The van der Waals surface area contributed by atoms with Gasteiger partial charge in [-0.25, -0.2) is 0 Å². The third kappa shape index (κ3) is 2.26. The number of anilines is 3. The summed E-state index contributed by atoms with van der Waals surface area (Å²) in [6.07, 6.45) is 3.67. The van der Waals surface area contributed by atoms with Crippen LogP contribution in [0.1, 0.15) is 22.8 Å². The molecule has 0 bridgehead atoms. The molecule has 0 amide bonds. The Morgan fingerprint density at radius 1 is 0.641 bits per heavy atom. The lowest BCUT2D eigenvalue weighted by molar-refractivity contribution is 0.527. The molecule has 1 atom stereocenters. The normalized spacial score (nSPS) is 15.4. The fourth-order valence-electron chi connectivity index (χ4n) is 7.02. The van der Waals surface area contributed by atoms with Crippen LogP contribution in [0.25, 0.3) is 49.6 Å². The molecular formula is C34H19N3O2. The zero-order valence-corrected chi connectivity index (χ0v) is 20.6. The van der Waals surface area contributed by atoms with E-state index >= 15 is 0 Å². The summed E-state index contributed by atoms with van der Waals surface area (Å²) in [6, 6.07) is 34.2. The van der Waals surface area contributed by atoms with E-state index in [0.29, 0.717) is 0 Å². The fraction of sp³-hybridized carbons (Fsp3) is 0.0294. The Kier molecular flexibility index (Phi) is 3.43. The van der Waals surface area contributed by atoms with E-state index in [1.807, 2.05) is 18.5 Å². The van der Waals surface area contributed by atoms with Crippen LogP contribution < -0.4 is 4.90 Å². The Morgan fingerprint density at radius 3 is 2.38 bits per heavy atom. The highest BCUT2D eigenvalue weighted by atomic mass is 16.4. The van der Waals surface area contributed by atoms with Gasteiger partial charge in [0.15, 0.2) is 5.58 Å². The summed E-state index contributed by atoms with van der Waals surface area (Å²) in [5, 5.41) is 4.59. The SMILES string of the molecule is c1ccc(N2c3ccc4c5ccccc5n5c4c3C(c3oc4ccccc4c32)c2c-5oc3cnccc23)cc1. The van der Waals surface area contributed by atoms with Gasteiger partial charge in [0.2, 0.25) is 5.88 Å². The van der Waals surface area contributed by atoms with Crippen molar-refractivity contribution in [3.63, 3.8) is 0 Å². The standard InChI is InChI=1S/C34H19N3O2/c1-2-8-19(9-3-1)36-25-15-14-21-20-10-4-6-12-24(20)37-31(21)29(25)30(28-22-16-17-35-18-27(22)39-34(28)37)33-32(36)23-11-5-7-13-26(23)38-33/h1-18,30H. The lowest BCUT2D eigenvalue weighted by Gasteiger charge is -2.37. The van der Waals surface area contributed by atoms with Crippen LogP contribution in [-0.2, 0) is 0 Å². The molecule has 5 heteroatoms. The molecule has 0 saturated heterocycles. The molecule has 0 spiro atoms. The number of pyridine rings is 1. The summed E-state index contributed by atoms with van der Waals surface area (Å²) in [5.41, 5.74) is 9.70. The first kappa shape index (κ1) is 19.8. The minimum absolute atomic E-state index is 0.124. The molecule has 0 fully saturated rings. The van der Waals surface area contributed by atoms with E-state index in [1.165, 1.54) is 21.9 Å². The Labute approximate surface area is 222 Å². The number of hydrogen-bond acceptors (Lipinski definition) is 4. The van der Waals surface area contributed by atoms with Crippen molar-refractivity contribution in [2.45, 2.75) is 5.92 Å². The predicted octanol–water partition coefficient (Wildman–Crippen LogP) is 8.95. The molecular weight excluding hydrogens is 482 g/mol. The summed E-state index contributed by atoms with van der Waals surface area (Å²) in [4.78, 5) is 6.76. The highest BCUT2D eigenvalue weighted by Gasteiger charge is 2.45. The van der Waals surface area contributed by atoms with Gasteiger partial charge >= 0.3 is 0 Å². The number of fused-ring (bicyclic) bond motifs is 12. The quantitative estimate of drug-likeness (QED) is 0.225. The van der Waals surface area contributed by atoms with Crippen LogP contribution >= 0.6 is 0 Å². The van der Waals surface area contributed by atoms with Gasteiger partial charge in [-0.1, -0.05) is 54.6 Å². The maximum atomic E-state index is 6.82. The van der Waals surface area contributed by atoms with Gasteiger partial charge in [-0.15, -0.1) is 0 Å². The van der Waals surface area contributed by atoms with Crippen LogP contribution in [-0.4, -0.2) is 9.55 Å². The Hall–Kier alpha value is -5.29. The average Bonchev–Trinajstić information content (AvgIpc) is 3.67. The molecule has 8 aromatic rings. The number of para-hydroxylation sites is 3. The molecule has 4 aromatic heterocycles. The summed E-state index contributed by atoms with van der Waals surface area (Å²) in [5.74, 6) is 1.66. The van der Waals surface area contributed by atoms with Crippen LogP contribution in [0.4, 0.5) is 17.1 Å². The monoisotopic (exact) mass is 501 g/mol. The first-order valence-corrected chi connectivity index (χ1v) is 13.2. The van der Waals surface area contributed by atoms with Crippen molar-refractivity contribution in [1.82, 2.24) is 9.55 Å². The molecule has 39 heavy (non-hydrogen) atoms. The third-order valence-electron chi connectivity index (χ3n) is 8.48. The first-order chi connectivity index (χ1) is 19.4. The zero-order chi connectivity index (χ0) is 25.2. The molecule has 4 aromatic carbocycles. The van der Waals surface area contributed by atoms with Crippen molar-refractivity contribution in [2.24, 2.45) is 0 Å². The molecule has 2 aliphatic heterocycles. The largest absolute Gasteiger partial charge is 0.458 e. The number of nitrogens with zero attached hydrogens (tertiary/aromatic N) is 3. The van der Waals surface area contributed by atoms with Gasteiger partial charge in [-0.3, -0.25) is 9.55 Å². The van der Waals surface area contributed by atoms with Crippen molar-refractivity contribution in [1.29, 1.82) is 0 Å². The highest BCUT2D eigenvalue weighted by molar-refractivity contribution is 6.15. The van der Waals surface area contributed by atoms with Crippen LogP contribution in [0.5, 0.6) is 0 Å². The van der Waals surface area contributed by atoms with Crippen LogP contribution in [0, 0.1) is 0 Å². The number of hydrogen-bond donors (Lipinski definition) is 0. The topological polar surface area (TPSA) is 47.3 Å². The maximum absolute atomic E-state index is 6.82. The molecule has 2 aliphatic rings. The van der Waals surface area contributed by atoms with E-state index < -0.39 is 0 Å². The molecule has 1 unspecified atom stereocenters. The van der Waals surface area contributed by atoms with Gasteiger partial charge in [0, 0.05) is 44.6 Å². The smallest absolute Gasteiger partial charge is 0.210 e. The third-order valence-corrected chi connectivity index (χ3v) is 8.48. The first-order valence-electron chi connectivity index (χ1n) is 13.2. The van der Waals surface area contributed by atoms with Crippen LogP contribution in [0.3, 0.4) is 0 Å². The molecule has 182 valence electrons. The van der Waals surface area contributed by atoms with Crippen molar-refractivity contribution in [2.75, 3.05) is 4.90 Å². The van der Waals surface area contributed by atoms with Crippen molar-refractivity contribution >= 4 is 60.8 Å². The fourth-order valence-corrected chi connectivity index (χ4v) is 7.02. The van der Waals surface area contributed by atoms with Gasteiger partial charge in [-0.05, 0) is 42.5 Å². The lowest BCUT2D eigenvalue weighted by atomic mass is 9.80. The molecule has 0 N–H and O–H groups in total. The van der Waals surface area contributed by atoms with Crippen molar-refractivity contribution < 1.29 is 8.83 Å². The summed E-state index contributed by atoms with van der Waals surface area (Å²) >= 11 is 0. The maximum Gasteiger partial charge on any atom is 0.210 e. The second-order valence-electron chi connectivity index (χ2n) is 10.4. The van der Waals surface area contributed by atoms with Gasteiger partial charge in [-0.2, -0.15) is 0 Å². The lowest BCUT2D eigenvalue weighted by Crippen LogP contribution is -2.24. The predicted molar refractivity (Wildman–Crippen MR) is 154 cm³/mol. The second kappa shape index (κ2) is 6.77. The van der Waals surface area contributed by atoms with Gasteiger partial charge < -0.3 is 13.7 Å². The van der Waals surface area contributed by atoms with E-state index in [1.54, 1.807) is 0 Å². The number of benzene rings is 4. The number of furan rings is 2. The number of aromatic nitrogens is 2. The Bertz CT molecular complexity index is 2300. The van der Waals surface area contributed by atoms with Crippen LogP contribution in [0.15, 0.2) is 118 Å². The second-order valence-corrected chi connectivity index (χ2v) is 10.4. The molecule has 5 nitrogen and oxygen atoms in total. The minimum Gasteiger partial charge on any atom is -0.458 e. The summed E-state index contributed by atoms with van der Waals surface area (Å²) in [7, 11) is 0. The molecule has 10 rings (SSSR count). The zero-order valence-electron chi connectivity index (χ0n) is 20.6. The minimum atomic E-state index is -0.124. The summed E-state index contributed by atoms with van der Waals surface area (Å²) < 4.78 is 15.8. The average molecular weight is 502 g/mol. The Morgan fingerprint density at radius 2 is 1.46 bits per heavy atom. The Balaban J connectivity index is 1.47. The van der Waals surface area contributed by atoms with E-state index in [4.69, 9.17) is 8.83 Å².